The van der Waals surface area contributed by atoms with Crippen molar-refractivity contribution in [3.05, 3.63) is 0 Å². The lowest BCUT2D eigenvalue weighted by Gasteiger charge is -2.32. The van der Waals surface area contributed by atoms with E-state index in [0.29, 0.717) is 18.9 Å². The summed E-state index contributed by atoms with van der Waals surface area (Å²) < 4.78 is 0. The first-order valence-corrected chi connectivity index (χ1v) is 7.89. The zero-order chi connectivity index (χ0) is 14.4. The van der Waals surface area contributed by atoms with Gasteiger partial charge in [-0.25, -0.2) is 4.79 Å². The summed E-state index contributed by atoms with van der Waals surface area (Å²) in [5.41, 5.74) is 0. The molecule has 0 bridgehead atoms. The number of amides is 2. The molecule has 1 saturated heterocycles. The molecule has 20 heavy (non-hydrogen) atoms. The van der Waals surface area contributed by atoms with Gasteiger partial charge in [-0.15, -0.1) is 0 Å². The average Bonchev–Trinajstić information content (AvgIpc) is 3.25. The molecule has 5 heteroatoms. The van der Waals surface area contributed by atoms with Crippen molar-refractivity contribution in [2.45, 2.75) is 51.4 Å². The van der Waals surface area contributed by atoms with Gasteiger partial charge < -0.3 is 15.3 Å². The van der Waals surface area contributed by atoms with Crippen molar-refractivity contribution in [1.29, 1.82) is 0 Å². The van der Waals surface area contributed by atoms with E-state index < -0.39 is 5.97 Å². The van der Waals surface area contributed by atoms with E-state index in [2.05, 4.69) is 5.32 Å². The monoisotopic (exact) mass is 282 g/mol. The van der Waals surface area contributed by atoms with Crippen LogP contribution in [0.3, 0.4) is 0 Å². The van der Waals surface area contributed by atoms with Crippen LogP contribution in [0.1, 0.15) is 51.4 Å². The highest BCUT2D eigenvalue weighted by Gasteiger charge is 2.24. The summed E-state index contributed by atoms with van der Waals surface area (Å²) in [5.74, 6) is 0.519. The number of carbonyl (C=O) groups is 2. The van der Waals surface area contributed by atoms with Crippen LogP contribution in [0.15, 0.2) is 0 Å². The molecule has 1 aliphatic heterocycles. The Morgan fingerprint density at radius 1 is 1.15 bits per heavy atom. The second kappa shape index (κ2) is 7.50. The first kappa shape index (κ1) is 15.1. The Bertz CT molecular complexity index is 342. The standard InChI is InChI=1S/C15H26N2O3/c18-14(19)8-7-13-4-2-10-17(11-13)15(20)16-9-1-3-12-5-6-12/h12-13H,1-11H2,(H,16,20)(H,18,19). The first-order chi connectivity index (χ1) is 9.65. The Hall–Kier alpha value is -1.26. The van der Waals surface area contributed by atoms with Gasteiger partial charge in [0.1, 0.15) is 0 Å². The lowest BCUT2D eigenvalue weighted by molar-refractivity contribution is -0.137. The van der Waals surface area contributed by atoms with Crippen LogP contribution in [0, 0.1) is 11.8 Å². The lowest BCUT2D eigenvalue weighted by Crippen LogP contribution is -2.45. The maximum absolute atomic E-state index is 12.0. The molecule has 1 saturated carbocycles. The summed E-state index contributed by atoms with van der Waals surface area (Å²) in [6.45, 7) is 2.28. The van der Waals surface area contributed by atoms with Crippen molar-refractivity contribution in [3.8, 4) is 0 Å². The van der Waals surface area contributed by atoms with E-state index in [1.54, 1.807) is 0 Å². The number of likely N-dealkylation sites (tertiary alicyclic amines) is 1. The van der Waals surface area contributed by atoms with Crippen molar-refractivity contribution in [2.24, 2.45) is 11.8 Å². The number of hydrogen-bond donors (Lipinski definition) is 2. The van der Waals surface area contributed by atoms with Crippen LogP contribution in [0.4, 0.5) is 4.79 Å². The molecular formula is C15H26N2O3. The number of nitrogens with one attached hydrogen (secondary N) is 1. The highest BCUT2D eigenvalue weighted by Crippen LogP contribution is 2.33. The molecule has 2 rings (SSSR count). The number of aliphatic carboxylic acids is 1. The van der Waals surface area contributed by atoms with Crippen molar-refractivity contribution in [3.63, 3.8) is 0 Å². The molecule has 2 amide bonds. The van der Waals surface area contributed by atoms with Crippen molar-refractivity contribution in [2.75, 3.05) is 19.6 Å². The SMILES string of the molecule is O=C(O)CCC1CCCN(C(=O)NCCCC2CC2)C1. The lowest BCUT2D eigenvalue weighted by atomic mass is 9.93. The van der Waals surface area contributed by atoms with E-state index >= 15 is 0 Å². The predicted molar refractivity (Wildman–Crippen MR) is 76.5 cm³/mol. The topological polar surface area (TPSA) is 69.6 Å². The summed E-state index contributed by atoms with van der Waals surface area (Å²) in [6, 6.07) is 0.0285. The molecule has 2 aliphatic rings. The van der Waals surface area contributed by atoms with E-state index in [0.717, 1.165) is 38.3 Å². The van der Waals surface area contributed by atoms with Gasteiger partial charge in [0.15, 0.2) is 0 Å². The number of hydrogen-bond acceptors (Lipinski definition) is 2. The molecule has 114 valence electrons. The normalized spacial score (nSPS) is 22.6. The third-order valence-corrected chi connectivity index (χ3v) is 4.33. The molecule has 5 nitrogen and oxygen atoms in total. The number of nitrogens with zero attached hydrogens (tertiary/aromatic N) is 1. The van der Waals surface area contributed by atoms with Crippen LogP contribution in [0.25, 0.3) is 0 Å². The van der Waals surface area contributed by atoms with E-state index in [9.17, 15) is 9.59 Å². The molecule has 1 unspecified atom stereocenters. The third-order valence-electron chi connectivity index (χ3n) is 4.33. The Kier molecular flexibility index (Phi) is 5.68. The molecule has 0 aromatic rings. The molecule has 2 fully saturated rings. The Morgan fingerprint density at radius 3 is 2.65 bits per heavy atom. The van der Waals surface area contributed by atoms with Crippen LogP contribution in [0.2, 0.25) is 0 Å². The number of urea groups is 1. The Morgan fingerprint density at radius 2 is 1.95 bits per heavy atom. The van der Waals surface area contributed by atoms with Gasteiger partial charge in [0, 0.05) is 26.1 Å². The maximum atomic E-state index is 12.0. The zero-order valence-corrected chi connectivity index (χ0v) is 12.1. The minimum atomic E-state index is -0.744. The minimum Gasteiger partial charge on any atom is -0.481 e. The van der Waals surface area contributed by atoms with Crippen molar-refractivity contribution >= 4 is 12.0 Å². The van der Waals surface area contributed by atoms with Crippen LogP contribution < -0.4 is 5.32 Å². The van der Waals surface area contributed by atoms with Gasteiger partial charge in [-0.1, -0.05) is 12.8 Å². The van der Waals surface area contributed by atoms with Crippen molar-refractivity contribution < 1.29 is 14.7 Å². The second-order valence-electron chi connectivity index (χ2n) is 6.20. The van der Waals surface area contributed by atoms with E-state index in [-0.39, 0.29) is 12.5 Å². The summed E-state index contributed by atoms with van der Waals surface area (Å²) in [4.78, 5) is 24.5. The second-order valence-corrected chi connectivity index (χ2v) is 6.20. The largest absolute Gasteiger partial charge is 0.481 e. The average molecular weight is 282 g/mol. The summed E-state index contributed by atoms with van der Waals surface area (Å²) in [6.07, 6.45) is 7.96. The van der Waals surface area contributed by atoms with Crippen LogP contribution in [-0.4, -0.2) is 41.6 Å². The number of carboxylic acids is 1. The fraction of sp³-hybridized carbons (Fsp3) is 0.867. The summed E-state index contributed by atoms with van der Waals surface area (Å²) >= 11 is 0. The maximum Gasteiger partial charge on any atom is 0.317 e. The molecule has 2 N–H and O–H groups in total. The fourth-order valence-corrected chi connectivity index (χ4v) is 2.92. The van der Waals surface area contributed by atoms with E-state index in [1.165, 1.54) is 19.3 Å². The molecule has 1 heterocycles. The van der Waals surface area contributed by atoms with Gasteiger partial charge in [0.2, 0.25) is 0 Å². The van der Waals surface area contributed by atoms with E-state index in [4.69, 9.17) is 5.11 Å². The van der Waals surface area contributed by atoms with Gasteiger partial charge in [-0.3, -0.25) is 4.79 Å². The molecular weight excluding hydrogens is 256 g/mol. The van der Waals surface area contributed by atoms with Crippen molar-refractivity contribution in [1.82, 2.24) is 10.2 Å². The number of piperidine rings is 1. The third kappa shape index (κ3) is 5.39. The molecule has 0 spiro atoms. The number of carboxylic acid groups (broad SMARTS) is 1. The highest BCUT2D eigenvalue weighted by molar-refractivity contribution is 5.74. The zero-order valence-electron chi connectivity index (χ0n) is 12.1. The molecule has 1 atom stereocenters. The van der Waals surface area contributed by atoms with Crippen LogP contribution in [0.5, 0.6) is 0 Å². The van der Waals surface area contributed by atoms with Gasteiger partial charge in [0.25, 0.3) is 0 Å². The Balaban J connectivity index is 1.62. The van der Waals surface area contributed by atoms with Gasteiger partial charge in [0.05, 0.1) is 0 Å². The molecule has 0 aromatic carbocycles. The van der Waals surface area contributed by atoms with Gasteiger partial charge >= 0.3 is 12.0 Å². The van der Waals surface area contributed by atoms with E-state index in [1.807, 2.05) is 4.90 Å². The number of carbonyl (C=O) groups excluding carboxylic acids is 1. The summed E-state index contributed by atoms with van der Waals surface area (Å²) in [5, 5.41) is 11.7. The predicted octanol–water partition coefficient (Wildman–Crippen LogP) is 2.46. The van der Waals surface area contributed by atoms with Crippen LogP contribution >= 0.6 is 0 Å². The van der Waals surface area contributed by atoms with Gasteiger partial charge in [-0.2, -0.15) is 0 Å². The quantitative estimate of drug-likeness (QED) is 0.705. The Labute approximate surface area is 120 Å². The fourth-order valence-electron chi connectivity index (χ4n) is 2.92. The molecule has 0 radical (unpaired) electrons. The van der Waals surface area contributed by atoms with Gasteiger partial charge in [-0.05, 0) is 43.9 Å². The summed E-state index contributed by atoms with van der Waals surface area (Å²) in [7, 11) is 0. The highest BCUT2D eigenvalue weighted by atomic mass is 16.4. The number of rotatable bonds is 7. The first-order valence-electron chi connectivity index (χ1n) is 7.89. The molecule has 0 aromatic heterocycles. The smallest absolute Gasteiger partial charge is 0.317 e. The minimum absolute atomic E-state index is 0.0285. The van der Waals surface area contributed by atoms with Crippen LogP contribution in [-0.2, 0) is 4.79 Å². The molecule has 1 aliphatic carbocycles.